The van der Waals surface area contributed by atoms with Crippen molar-refractivity contribution in [1.82, 2.24) is 4.31 Å². The van der Waals surface area contributed by atoms with Crippen LogP contribution in [0.4, 0.5) is 0 Å². The number of sulfonamides is 1. The maximum absolute atomic E-state index is 13.5. The van der Waals surface area contributed by atoms with E-state index in [-0.39, 0.29) is 35.9 Å². The summed E-state index contributed by atoms with van der Waals surface area (Å²) >= 11 is 0. The Hall–Kier alpha value is -2.19. The quantitative estimate of drug-likeness (QED) is 0.512. The van der Waals surface area contributed by atoms with E-state index in [1.54, 1.807) is 43.3 Å². The van der Waals surface area contributed by atoms with Gasteiger partial charge in [0.15, 0.2) is 0 Å². The number of carbonyl (C=O) groups is 2. The molecule has 168 valence electrons. The summed E-state index contributed by atoms with van der Waals surface area (Å²) in [4.78, 5) is 26.0. The standard InChI is InChI=1S/C23H29NO6S/c1-15-7-11-19(12-8-15)31(27,28)24-16(2)9-10-18-14-29-22(25)20-6-4-3-5-17(20)13-30-23(26)21(18)24/h7-12,16-18,20-21H,3-6,13-14H2,1-2H3/t16?,17-,18+,20+,21+/m0/s1. The highest BCUT2D eigenvalue weighted by Gasteiger charge is 2.47. The summed E-state index contributed by atoms with van der Waals surface area (Å²) in [6.45, 7) is 3.67. The molecule has 0 aromatic heterocycles. The number of benzene rings is 1. The molecule has 2 fully saturated rings. The maximum Gasteiger partial charge on any atom is 0.325 e. The number of carbonyl (C=O) groups excluding carboxylic acids is 2. The molecule has 8 heteroatoms. The molecular weight excluding hydrogens is 418 g/mol. The third kappa shape index (κ3) is 4.28. The molecule has 0 N–H and O–H groups in total. The van der Waals surface area contributed by atoms with E-state index in [1.165, 1.54) is 4.31 Å². The fraction of sp³-hybridized carbons (Fsp3) is 0.565. The van der Waals surface area contributed by atoms with E-state index in [0.717, 1.165) is 31.2 Å². The molecule has 0 spiro atoms. The molecule has 1 saturated carbocycles. The predicted molar refractivity (Wildman–Crippen MR) is 113 cm³/mol. The van der Waals surface area contributed by atoms with Gasteiger partial charge in [0.2, 0.25) is 10.0 Å². The van der Waals surface area contributed by atoms with Gasteiger partial charge in [-0.3, -0.25) is 9.59 Å². The third-order valence-corrected chi connectivity index (χ3v) is 8.61. The van der Waals surface area contributed by atoms with Crippen LogP contribution in [0.2, 0.25) is 0 Å². The summed E-state index contributed by atoms with van der Waals surface area (Å²) in [5, 5.41) is 0. The van der Waals surface area contributed by atoms with Crippen LogP contribution in [0, 0.1) is 24.7 Å². The van der Waals surface area contributed by atoms with Gasteiger partial charge in [0, 0.05) is 17.9 Å². The molecule has 0 bridgehead atoms. The lowest BCUT2D eigenvalue weighted by atomic mass is 9.79. The molecule has 31 heavy (non-hydrogen) atoms. The minimum absolute atomic E-state index is 0.0506. The summed E-state index contributed by atoms with van der Waals surface area (Å²) < 4.78 is 39.5. The Morgan fingerprint density at radius 1 is 0.935 bits per heavy atom. The Bertz CT molecular complexity index is 970. The van der Waals surface area contributed by atoms with E-state index >= 15 is 0 Å². The molecule has 1 saturated heterocycles. The highest BCUT2D eigenvalue weighted by Crippen LogP contribution is 2.35. The minimum Gasteiger partial charge on any atom is -0.465 e. The van der Waals surface area contributed by atoms with Crippen molar-refractivity contribution in [3.8, 4) is 0 Å². The lowest BCUT2D eigenvalue weighted by molar-refractivity contribution is -0.165. The molecule has 2 heterocycles. The highest BCUT2D eigenvalue weighted by molar-refractivity contribution is 7.89. The molecule has 5 atom stereocenters. The number of hydrogen-bond acceptors (Lipinski definition) is 6. The summed E-state index contributed by atoms with van der Waals surface area (Å²) in [6, 6.07) is 4.92. The van der Waals surface area contributed by atoms with Gasteiger partial charge in [0.05, 0.1) is 24.0 Å². The van der Waals surface area contributed by atoms with Crippen LogP contribution in [0.1, 0.15) is 38.2 Å². The minimum atomic E-state index is -3.98. The van der Waals surface area contributed by atoms with Gasteiger partial charge in [-0.1, -0.05) is 42.7 Å². The third-order valence-electron chi connectivity index (χ3n) is 6.63. The van der Waals surface area contributed by atoms with Gasteiger partial charge >= 0.3 is 11.9 Å². The van der Waals surface area contributed by atoms with Crippen LogP contribution < -0.4 is 0 Å². The van der Waals surface area contributed by atoms with Crippen LogP contribution in [0.15, 0.2) is 41.3 Å². The first kappa shape index (κ1) is 22.0. The largest absolute Gasteiger partial charge is 0.465 e. The number of hydrogen-bond donors (Lipinski definition) is 0. The number of cyclic esters (lactones) is 2. The Labute approximate surface area is 183 Å². The van der Waals surface area contributed by atoms with Crippen molar-refractivity contribution in [2.24, 2.45) is 17.8 Å². The van der Waals surface area contributed by atoms with Gasteiger partial charge in [-0.05, 0) is 38.8 Å². The lowest BCUT2D eigenvalue weighted by Gasteiger charge is -2.40. The Kier molecular flexibility index (Phi) is 6.21. The zero-order valence-corrected chi connectivity index (χ0v) is 18.7. The van der Waals surface area contributed by atoms with E-state index in [1.807, 2.05) is 6.92 Å². The summed E-state index contributed by atoms with van der Waals surface area (Å²) in [5.41, 5.74) is 0.940. The van der Waals surface area contributed by atoms with Crippen LogP contribution in [0.3, 0.4) is 0 Å². The molecule has 4 rings (SSSR count). The van der Waals surface area contributed by atoms with Crippen LogP contribution in [-0.4, -0.2) is 50.0 Å². The highest BCUT2D eigenvalue weighted by atomic mass is 32.2. The van der Waals surface area contributed by atoms with Crippen LogP contribution in [0.5, 0.6) is 0 Å². The lowest BCUT2D eigenvalue weighted by Crippen LogP contribution is -2.56. The molecule has 7 nitrogen and oxygen atoms in total. The van der Waals surface area contributed by atoms with Crippen molar-refractivity contribution in [2.75, 3.05) is 13.2 Å². The average Bonchev–Trinajstić information content (AvgIpc) is 2.76. The molecular formula is C23H29NO6S. The van der Waals surface area contributed by atoms with Crippen molar-refractivity contribution in [2.45, 2.75) is 56.5 Å². The fourth-order valence-electron chi connectivity index (χ4n) is 4.84. The number of fused-ring (bicyclic) bond motifs is 2. The Balaban J connectivity index is 1.68. The van der Waals surface area contributed by atoms with E-state index in [2.05, 4.69) is 0 Å². The molecule has 1 aromatic carbocycles. The second-order valence-electron chi connectivity index (χ2n) is 8.79. The van der Waals surface area contributed by atoms with E-state index in [0.29, 0.717) is 0 Å². The smallest absolute Gasteiger partial charge is 0.325 e. The van der Waals surface area contributed by atoms with Gasteiger partial charge in [0.25, 0.3) is 0 Å². The maximum atomic E-state index is 13.5. The molecule has 1 aromatic rings. The molecule has 1 aliphatic carbocycles. The number of esters is 2. The van der Waals surface area contributed by atoms with Gasteiger partial charge in [-0.2, -0.15) is 4.31 Å². The van der Waals surface area contributed by atoms with Crippen molar-refractivity contribution in [3.63, 3.8) is 0 Å². The Morgan fingerprint density at radius 2 is 1.61 bits per heavy atom. The number of rotatable bonds is 2. The topological polar surface area (TPSA) is 90.0 Å². The normalized spacial score (nSPS) is 32.4. The predicted octanol–water partition coefficient (Wildman–Crippen LogP) is 2.84. The van der Waals surface area contributed by atoms with E-state index in [4.69, 9.17) is 9.47 Å². The van der Waals surface area contributed by atoms with E-state index < -0.39 is 34.0 Å². The summed E-state index contributed by atoms with van der Waals surface area (Å²) in [6.07, 6.45) is 6.97. The van der Waals surface area contributed by atoms with E-state index in [9.17, 15) is 18.0 Å². The van der Waals surface area contributed by atoms with Crippen LogP contribution in [0.25, 0.3) is 0 Å². The van der Waals surface area contributed by atoms with Crippen LogP contribution in [-0.2, 0) is 29.1 Å². The molecule has 1 unspecified atom stereocenters. The van der Waals surface area contributed by atoms with Crippen LogP contribution >= 0.6 is 0 Å². The summed E-state index contributed by atoms with van der Waals surface area (Å²) in [5.74, 6) is -1.81. The zero-order valence-electron chi connectivity index (χ0n) is 17.9. The van der Waals surface area contributed by atoms with Gasteiger partial charge in [-0.25, -0.2) is 8.42 Å². The number of aryl methyl sites for hydroxylation is 1. The van der Waals surface area contributed by atoms with Crippen molar-refractivity contribution in [3.05, 3.63) is 42.0 Å². The molecule has 2 aliphatic heterocycles. The summed E-state index contributed by atoms with van der Waals surface area (Å²) in [7, 11) is -3.98. The number of nitrogens with zero attached hydrogens (tertiary/aromatic N) is 1. The molecule has 0 amide bonds. The second-order valence-corrected chi connectivity index (χ2v) is 10.6. The SMILES string of the molecule is Cc1ccc(S(=O)(=O)N2C(C)C=C[C@@H]3COC(=O)[C@@H]4CCCC[C@H]4COC(=O)[C@@H]32)cc1. The van der Waals surface area contributed by atoms with Crippen molar-refractivity contribution >= 4 is 22.0 Å². The van der Waals surface area contributed by atoms with Crippen molar-refractivity contribution < 1.29 is 27.5 Å². The Morgan fingerprint density at radius 3 is 2.35 bits per heavy atom. The van der Waals surface area contributed by atoms with Gasteiger partial charge in [0.1, 0.15) is 6.04 Å². The first-order valence-electron chi connectivity index (χ1n) is 10.9. The van der Waals surface area contributed by atoms with Gasteiger partial charge < -0.3 is 9.47 Å². The second kappa shape index (κ2) is 8.74. The monoisotopic (exact) mass is 447 g/mol. The molecule has 3 aliphatic rings. The fourth-order valence-corrected chi connectivity index (χ4v) is 6.61. The molecule has 0 radical (unpaired) electrons. The zero-order chi connectivity index (χ0) is 22.2. The van der Waals surface area contributed by atoms with Gasteiger partial charge in [-0.15, -0.1) is 0 Å². The first-order chi connectivity index (χ1) is 14.8. The number of ether oxygens (including phenoxy) is 2. The average molecular weight is 448 g/mol. The first-order valence-corrected chi connectivity index (χ1v) is 12.3. The van der Waals surface area contributed by atoms with Crippen molar-refractivity contribution in [1.29, 1.82) is 0 Å².